The molecule has 2 aliphatic heterocycles. The summed E-state index contributed by atoms with van der Waals surface area (Å²) < 4.78 is 17.0. The van der Waals surface area contributed by atoms with Crippen LogP contribution in [0.3, 0.4) is 0 Å². The molecule has 3 aromatic rings. The highest BCUT2D eigenvalue weighted by Gasteiger charge is 2.34. The maximum atomic E-state index is 13.0. The summed E-state index contributed by atoms with van der Waals surface area (Å²) in [6.45, 7) is 0.558. The molecule has 2 heterocycles. The smallest absolute Gasteiger partial charge is 0.270 e. The summed E-state index contributed by atoms with van der Waals surface area (Å²) in [5.41, 5.74) is 2.45. The normalized spacial score (nSPS) is 16.2. The number of thiocarbonyl (C=S) groups is 1. The third kappa shape index (κ3) is 4.19. The number of nitrogens with zero attached hydrogens (tertiary/aromatic N) is 1. The second kappa shape index (κ2) is 8.86. The number of rotatable bonds is 5. The topological polar surface area (TPSA) is 48.0 Å². The van der Waals surface area contributed by atoms with Gasteiger partial charge < -0.3 is 14.2 Å². The maximum absolute atomic E-state index is 13.0. The Hall–Kier alpha value is -3.00. The van der Waals surface area contributed by atoms with Crippen molar-refractivity contribution in [2.75, 3.05) is 11.7 Å². The Morgan fingerprint density at radius 1 is 1.06 bits per heavy atom. The Morgan fingerprint density at radius 3 is 2.66 bits per heavy atom. The summed E-state index contributed by atoms with van der Waals surface area (Å²) in [6, 6.07) is 20.4. The van der Waals surface area contributed by atoms with E-state index in [0.29, 0.717) is 38.0 Å². The fourth-order valence-electron chi connectivity index (χ4n) is 3.30. The van der Waals surface area contributed by atoms with Gasteiger partial charge in [-0.15, -0.1) is 0 Å². The molecule has 0 N–H and O–H groups in total. The van der Waals surface area contributed by atoms with Crippen molar-refractivity contribution in [1.82, 2.24) is 0 Å². The van der Waals surface area contributed by atoms with Crippen LogP contribution < -0.4 is 19.1 Å². The Morgan fingerprint density at radius 2 is 1.84 bits per heavy atom. The molecule has 32 heavy (non-hydrogen) atoms. The van der Waals surface area contributed by atoms with E-state index in [4.69, 9.17) is 38.0 Å². The number of hydrogen-bond acceptors (Lipinski definition) is 6. The number of fused-ring (bicyclic) bond motifs is 1. The molecule has 5 nitrogen and oxygen atoms in total. The molecule has 0 aliphatic carbocycles. The van der Waals surface area contributed by atoms with Gasteiger partial charge in [0.05, 0.1) is 10.6 Å². The van der Waals surface area contributed by atoms with Crippen molar-refractivity contribution >= 4 is 57.6 Å². The first-order valence-corrected chi connectivity index (χ1v) is 11.3. The monoisotopic (exact) mass is 481 g/mol. The van der Waals surface area contributed by atoms with Crippen molar-refractivity contribution < 1.29 is 19.0 Å². The van der Waals surface area contributed by atoms with E-state index < -0.39 is 0 Å². The Kier molecular flexibility index (Phi) is 5.78. The van der Waals surface area contributed by atoms with Gasteiger partial charge in [-0.2, -0.15) is 0 Å². The molecule has 160 valence electrons. The molecule has 0 atom stereocenters. The van der Waals surface area contributed by atoms with E-state index in [-0.39, 0.29) is 12.7 Å². The van der Waals surface area contributed by atoms with Gasteiger partial charge in [0, 0.05) is 16.7 Å². The minimum Gasteiger partial charge on any atom is -0.489 e. The van der Waals surface area contributed by atoms with Crippen LogP contribution in [0.25, 0.3) is 6.08 Å². The lowest BCUT2D eigenvalue weighted by Gasteiger charge is -2.14. The first-order valence-electron chi connectivity index (χ1n) is 9.72. The number of carbonyl (C=O) groups is 1. The summed E-state index contributed by atoms with van der Waals surface area (Å²) in [5, 5.41) is 0.675. The van der Waals surface area contributed by atoms with Crippen LogP contribution >= 0.6 is 35.6 Å². The van der Waals surface area contributed by atoms with E-state index in [0.717, 1.165) is 16.9 Å². The molecule has 0 aromatic heterocycles. The van der Waals surface area contributed by atoms with E-state index in [1.54, 1.807) is 18.2 Å². The highest BCUT2D eigenvalue weighted by molar-refractivity contribution is 8.27. The molecule has 0 bridgehead atoms. The lowest BCUT2D eigenvalue weighted by atomic mass is 10.2. The largest absolute Gasteiger partial charge is 0.489 e. The second-order valence-corrected chi connectivity index (χ2v) is 9.09. The van der Waals surface area contributed by atoms with E-state index in [9.17, 15) is 4.79 Å². The molecular formula is C24H16ClNO4S2. The maximum Gasteiger partial charge on any atom is 0.270 e. The predicted molar refractivity (Wildman–Crippen MR) is 130 cm³/mol. The summed E-state index contributed by atoms with van der Waals surface area (Å²) in [5.74, 6) is 1.81. The van der Waals surface area contributed by atoms with Crippen molar-refractivity contribution in [3.8, 4) is 17.2 Å². The van der Waals surface area contributed by atoms with Crippen molar-refractivity contribution in [3.63, 3.8) is 0 Å². The lowest BCUT2D eigenvalue weighted by Crippen LogP contribution is -2.27. The molecule has 0 saturated carbocycles. The molecule has 8 heteroatoms. The van der Waals surface area contributed by atoms with Gasteiger partial charge >= 0.3 is 0 Å². The molecule has 1 saturated heterocycles. The second-order valence-electron chi connectivity index (χ2n) is 7.00. The molecule has 2 aliphatic rings. The highest BCUT2D eigenvalue weighted by Crippen LogP contribution is 2.40. The summed E-state index contributed by atoms with van der Waals surface area (Å²) in [4.78, 5) is 15.1. The van der Waals surface area contributed by atoms with Gasteiger partial charge in [-0.1, -0.05) is 65.9 Å². The van der Waals surface area contributed by atoms with E-state index >= 15 is 0 Å². The first-order chi connectivity index (χ1) is 15.6. The average Bonchev–Trinajstić information content (AvgIpc) is 3.37. The minimum absolute atomic E-state index is 0.169. The number of amides is 1. The van der Waals surface area contributed by atoms with Gasteiger partial charge in [-0.3, -0.25) is 9.69 Å². The number of halogens is 1. The van der Waals surface area contributed by atoms with Gasteiger partial charge in [0.25, 0.3) is 5.91 Å². The zero-order valence-corrected chi connectivity index (χ0v) is 19.0. The van der Waals surface area contributed by atoms with Crippen LogP contribution in [-0.2, 0) is 11.4 Å². The Bertz CT molecular complexity index is 1240. The van der Waals surface area contributed by atoms with Gasteiger partial charge in [0.15, 0.2) is 15.8 Å². The SMILES string of the molecule is O=C1/C(=C\c2ccc(OCc3ccccc3Cl)cc2)SC(=S)N1c1ccc2c(c1)OCO2. The average molecular weight is 482 g/mol. The van der Waals surface area contributed by atoms with E-state index in [2.05, 4.69) is 0 Å². The third-order valence-corrected chi connectivity index (χ3v) is 6.61. The van der Waals surface area contributed by atoms with Gasteiger partial charge in [0.1, 0.15) is 12.4 Å². The number of thioether (sulfide) groups is 1. The lowest BCUT2D eigenvalue weighted by molar-refractivity contribution is -0.113. The molecule has 0 spiro atoms. The van der Waals surface area contributed by atoms with Crippen LogP contribution in [0, 0.1) is 0 Å². The van der Waals surface area contributed by atoms with Crippen LogP contribution in [0.15, 0.2) is 71.6 Å². The molecule has 0 radical (unpaired) electrons. The standard InChI is InChI=1S/C24H16ClNO4S2/c25-19-4-2-1-3-16(19)13-28-18-8-5-15(6-9-18)11-22-23(27)26(24(31)32-22)17-7-10-20-21(12-17)30-14-29-20/h1-12H,13-14H2/b22-11+. The van der Waals surface area contributed by atoms with E-state index in [1.807, 2.05) is 54.6 Å². The zero-order valence-electron chi connectivity index (χ0n) is 16.6. The first kappa shape index (κ1) is 20.9. The van der Waals surface area contributed by atoms with Crippen LogP contribution in [0.5, 0.6) is 17.2 Å². The van der Waals surface area contributed by atoms with Crippen molar-refractivity contribution in [2.45, 2.75) is 6.61 Å². The molecule has 0 unspecified atom stereocenters. The predicted octanol–water partition coefficient (Wildman–Crippen LogP) is 6.05. The van der Waals surface area contributed by atoms with Crippen molar-refractivity contribution in [2.24, 2.45) is 0 Å². The fraction of sp³-hybridized carbons (Fsp3) is 0.0833. The third-order valence-electron chi connectivity index (χ3n) is 4.94. The number of ether oxygens (including phenoxy) is 3. The number of carbonyl (C=O) groups excluding carboxylic acids is 1. The minimum atomic E-state index is -0.169. The molecule has 5 rings (SSSR count). The Labute approximate surface area is 199 Å². The molecular weight excluding hydrogens is 466 g/mol. The van der Waals surface area contributed by atoms with Crippen LogP contribution in [0.4, 0.5) is 5.69 Å². The van der Waals surface area contributed by atoms with Gasteiger partial charge in [-0.05, 0) is 42.0 Å². The van der Waals surface area contributed by atoms with Crippen molar-refractivity contribution in [1.29, 1.82) is 0 Å². The van der Waals surface area contributed by atoms with Gasteiger partial charge in [0.2, 0.25) is 6.79 Å². The van der Waals surface area contributed by atoms with Crippen molar-refractivity contribution in [3.05, 3.63) is 87.8 Å². The van der Waals surface area contributed by atoms with Crippen LogP contribution in [-0.4, -0.2) is 17.0 Å². The summed E-state index contributed by atoms with van der Waals surface area (Å²) in [6.07, 6.45) is 1.82. The summed E-state index contributed by atoms with van der Waals surface area (Å²) in [7, 11) is 0. The van der Waals surface area contributed by atoms with E-state index in [1.165, 1.54) is 16.7 Å². The zero-order chi connectivity index (χ0) is 22.1. The Balaban J connectivity index is 1.29. The number of hydrogen-bond donors (Lipinski definition) is 0. The van der Waals surface area contributed by atoms with Gasteiger partial charge in [-0.25, -0.2) is 0 Å². The summed E-state index contributed by atoms with van der Waals surface area (Å²) >= 11 is 12.9. The fourth-order valence-corrected chi connectivity index (χ4v) is 4.79. The highest BCUT2D eigenvalue weighted by atomic mass is 35.5. The number of benzene rings is 3. The number of anilines is 1. The molecule has 1 amide bonds. The molecule has 3 aromatic carbocycles. The van der Waals surface area contributed by atoms with Crippen LogP contribution in [0.1, 0.15) is 11.1 Å². The van der Waals surface area contributed by atoms with Crippen LogP contribution in [0.2, 0.25) is 5.02 Å². The molecule has 1 fully saturated rings. The quantitative estimate of drug-likeness (QED) is 0.326.